The lowest BCUT2D eigenvalue weighted by molar-refractivity contribution is -0.0195. The Morgan fingerprint density at radius 3 is 2.86 bits per heavy atom. The molecule has 0 spiro atoms. The summed E-state index contributed by atoms with van der Waals surface area (Å²) in [5.74, 6) is 3.49. The Kier molecular flexibility index (Phi) is 5.24. The Bertz CT molecular complexity index is 711. The summed E-state index contributed by atoms with van der Waals surface area (Å²) in [5, 5.41) is 14.1. The molecule has 3 heteroatoms. The van der Waals surface area contributed by atoms with E-state index in [1.807, 2.05) is 0 Å². The molecule has 2 saturated carbocycles. The summed E-state index contributed by atoms with van der Waals surface area (Å²) in [7, 11) is 0. The fourth-order valence-electron chi connectivity index (χ4n) is 7.85. The van der Waals surface area contributed by atoms with E-state index in [9.17, 15) is 5.11 Å². The van der Waals surface area contributed by atoms with Crippen molar-refractivity contribution in [3.8, 4) is 0 Å². The number of aliphatic hydroxyl groups excluding tert-OH is 1. The minimum atomic E-state index is -0.115. The van der Waals surface area contributed by atoms with Gasteiger partial charge >= 0.3 is 0 Å². The molecule has 3 nitrogen and oxygen atoms in total. The van der Waals surface area contributed by atoms with E-state index < -0.39 is 0 Å². The fraction of sp³-hybridized carbons (Fsp3) is 0.846. The van der Waals surface area contributed by atoms with Gasteiger partial charge in [-0.2, -0.15) is 0 Å². The van der Waals surface area contributed by atoms with Crippen LogP contribution in [0.5, 0.6) is 0 Å². The molecule has 5 aliphatic rings. The first-order valence-electron chi connectivity index (χ1n) is 12.3. The molecule has 29 heavy (non-hydrogen) atoms. The lowest BCUT2D eigenvalue weighted by Gasteiger charge is -2.48. The van der Waals surface area contributed by atoms with Crippen molar-refractivity contribution in [2.45, 2.75) is 90.9 Å². The quantitative estimate of drug-likeness (QED) is 0.572. The van der Waals surface area contributed by atoms with Crippen molar-refractivity contribution in [3.63, 3.8) is 0 Å². The smallest absolute Gasteiger partial charge is 0.0736 e. The highest BCUT2D eigenvalue weighted by atomic mass is 16.5. The molecule has 2 heterocycles. The van der Waals surface area contributed by atoms with E-state index in [1.165, 1.54) is 25.7 Å². The van der Waals surface area contributed by atoms with Crippen molar-refractivity contribution in [1.29, 1.82) is 0 Å². The van der Waals surface area contributed by atoms with E-state index in [0.29, 0.717) is 35.3 Å². The van der Waals surface area contributed by atoms with Crippen LogP contribution >= 0.6 is 0 Å². The molecule has 2 N–H and O–H groups in total. The van der Waals surface area contributed by atoms with Gasteiger partial charge in [-0.1, -0.05) is 43.6 Å². The molecule has 0 amide bonds. The minimum absolute atomic E-state index is 0.115. The molecule has 0 aromatic carbocycles. The van der Waals surface area contributed by atoms with Crippen molar-refractivity contribution >= 4 is 0 Å². The van der Waals surface area contributed by atoms with E-state index in [1.54, 1.807) is 16.7 Å². The van der Waals surface area contributed by atoms with Crippen LogP contribution in [0.15, 0.2) is 22.8 Å². The molecule has 162 valence electrons. The molecule has 0 radical (unpaired) electrons. The van der Waals surface area contributed by atoms with Crippen molar-refractivity contribution < 1.29 is 9.84 Å². The first-order chi connectivity index (χ1) is 13.9. The number of hydrogen-bond acceptors (Lipinski definition) is 3. The van der Waals surface area contributed by atoms with Crippen LogP contribution in [-0.2, 0) is 4.74 Å². The standard InChI is InChI=1S/C26H41NO2/c1-15-11-24-25(27-14-15)17(3)16(2)22-13-23-21(20(22)8-10-29-24)6-5-18-12-19(28)7-9-26(18,23)4/h5,15,17,19-21,23-25,27-28H,6-14H2,1-4H3/b22-16-/t15-,17-,19-,20-,21-,23-,24+,25-,26-/m0/s1. The maximum absolute atomic E-state index is 10.2. The number of aliphatic hydroxyl groups is 1. The van der Waals surface area contributed by atoms with Crippen LogP contribution < -0.4 is 5.32 Å². The van der Waals surface area contributed by atoms with Crippen molar-refractivity contribution in [3.05, 3.63) is 22.8 Å². The molecule has 3 aliphatic carbocycles. The zero-order valence-corrected chi connectivity index (χ0v) is 18.9. The van der Waals surface area contributed by atoms with Gasteiger partial charge in [0.2, 0.25) is 0 Å². The first-order valence-corrected chi connectivity index (χ1v) is 12.3. The Morgan fingerprint density at radius 2 is 2.03 bits per heavy atom. The Labute approximate surface area is 177 Å². The van der Waals surface area contributed by atoms with Gasteiger partial charge in [0, 0.05) is 12.6 Å². The average Bonchev–Trinajstić information content (AvgIpc) is 3.08. The lowest BCUT2D eigenvalue weighted by atomic mass is 9.57. The summed E-state index contributed by atoms with van der Waals surface area (Å²) >= 11 is 0. The van der Waals surface area contributed by atoms with Crippen LogP contribution in [-0.4, -0.2) is 36.5 Å². The summed E-state index contributed by atoms with van der Waals surface area (Å²) in [4.78, 5) is 0. The molecule has 9 atom stereocenters. The minimum Gasteiger partial charge on any atom is -0.393 e. The van der Waals surface area contributed by atoms with E-state index in [0.717, 1.165) is 44.2 Å². The molecular weight excluding hydrogens is 358 g/mol. The van der Waals surface area contributed by atoms with Crippen LogP contribution in [0.2, 0.25) is 0 Å². The molecule has 1 saturated heterocycles. The molecular formula is C26H41NO2. The van der Waals surface area contributed by atoms with Crippen LogP contribution in [0.3, 0.4) is 0 Å². The second kappa shape index (κ2) is 7.50. The normalized spacial score (nSPS) is 52.8. The van der Waals surface area contributed by atoms with Gasteiger partial charge in [-0.05, 0) is 93.4 Å². The highest BCUT2D eigenvalue weighted by molar-refractivity contribution is 5.33. The number of rotatable bonds is 0. The molecule has 0 bridgehead atoms. The van der Waals surface area contributed by atoms with Gasteiger partial charge in [-0.3, -0.25) is 0 Å². The topological polar surface area (TPSA) is 41.5 Å². The lowest BCUT2D eigenvalue weighted by Crippen LogP contribution is -2.52. The molecule has 2 aliphatic heterocycles. The van der Waals surface area contributed by atoms with E-state index in [2.05, 4.69) is 39.1 Å². The maximum Gasteiger partial charge on any atom is 0.0736 e. The van der Waals surface area contributed by atoms with E-state index >= 15 is 0 Å². The van der Waals surface area contributed by atoms with Crippen molar-refractivity contribution in [2.24, 2.45) is 35.0 Å². The van der Waals surface area contributed by atoms with Crippen LogP contribution in [0, 0.1) is 35.0 Å². The van der Waals surface area contributed by atoms with Gasteiger partial charge in [0.05, 0.1) is 12.2 Å². The summed E-state index contributed by atoms with van der Waals surface area (Å²) in [6.45, 7) is 11.8. The van der Waals surface area contributed by atoms with E-state index in [-0.39, 0.29) is 6.10 Å². The predicted octanol–water partition coefficient (Wildman–Crippen LogP) is 4.86. The highest BCUT2D eigenvalue weighted by Gasteiger charge is 2.53. The van der Waals surface area contributed by atoms with E-state index in [4.69, 9.17) is 4.74 Å². The number of piperidine rings is 1. The Balaban J connectivity index is 1.47. The monoisotopic (exact) mass is 399 g/mol. The number of hydrogen-bond donors (Lipinski definition) is 2. The predicted molar refractivity (Wildman–Crippen MR) is 118 cm³/mol. The van der Waals surface area contributed by atoms with Gasteiger partial charge < -0.3 is 15.2 Å². The van der Waals surface area contributed by atoms with Gasteiger partial charge in [-0.15, -0.1) is 0 Å². The third-order valence-corrected chi connectivity index (χ3v) is 9.79. The first kappa shape index (κ1) is 20.3. The molecule has 0 unspecified atom stereocenters. The van der Waals surface area contributed by atoms with Crippen molar-refractivity contribution in [1.82, 2.24) is 5.32 Å². The van der Waals surface area contributed by atoms with Gasteiger partial charge in [-0.25, -0.2) is 0 Å². The van der Waals surface area contributed by atoms with Gasteiger partial charge in [0.15, 0.2) is 0 Å². The zero-order valence-electron chi connectivity index (χ0n) is 18.9. The van der Waals surface area contributed by atoms with Gasteiger partial charge in [0.25, 0.3) is 0 Å². The third kappa shape index (κ3) is 3.27. The largest absolute Gasteiger partial charge is 0.393 e. The van der Waals surface area contributed by atoms with Crippen LogP contribution in [0.1, 0.15) is 72.6 Å². The fourth-order valence-corrected chi connectivity index (χ4v) is 7.85. The summed E-state index contributed by atoms with van der Waals surface area (Å²) in [6.07, 6.45) is 10.7. The Hall–Kier alpha value is -0.640. The Morgan fingerprint density at radius 1 is 1.21 bits per heavy atom. The number of allylic oxidation sites excluding steroid dienone is 2. The number of fused-ring (bicyclic) bond motifs is 6. The molecule has 5 rings (SSSR count). The molecule has 0 aromatic heterocycles. The molecule has 3 fully saturated rings. The summed E-state index contributed by atoms with van der Waals surface area (Å²) in [6, 6.07) is 0.467. The number of nitrogens with one attached hydrogen (secondary N) is 1. The SMILES string of the molecule is C/C1=C2\C[C@H]3[C@@H](CC=C4C[C@@H](O)CC[C@@]43C)[C@@H]2CCO[C@@H]2C[C@H](C)CN[C@H]2[C@H]1C. The third-order valence-electron chi connectivity index (χ3n) is 9.79. The molecule has 0 aromatic rings. The number of ether oxygens (including phenoxy) is 1. The average molecular weight is 400 g/mol. The summed E-state index contributed by atoms with van der Waals surface area (Å²) < 4.78 is 6.55. The van der Waals surface area contributed by atoms with Crippen LogP contribution in [0.25, 0.3) is 0 Å². The second-order valence-corrected chi connectivity index (χ2v) is 11.3. The van der Waals surface area contributed by atoms with Gasteiger partial charge in [0.1, 0.15) is 0 Å². The zero-order chi connectivity index (χ0) is 20.3. The van der Waals surface area contributed by atoms with Crippen LogP contribution in [0.4, 0.5) is 0 Å². The summed E-state index contributed by atoms with van der Waals surface area (Å²) in [5.41, 5.74) is 5.30. The maximum atomic E-state index is 10.2. The second-order valence-electron chi connectivity index (χ2n) is 11.3. The van der Waals surface area contributed by atoms with Crippen molar-refractivity contribution in [2.75, 3.05) is 13.2 Å². The highest BCUT2D eigenvalue weighted by Crippen LogP contribution is 2.62.